The second kappa shape index (κ2) is 5.43. The molecule has 2 bridgehead atoms. The average molecular weight is 280 g/mol. The molecule has 2 saturated heterocycles. The van der Waals surface area contributed by atoms with E-state index in [9.17, 15) is 0 Å². The molecule has 2 aromatic carbocycles. The van der Waals surface area contributed by atoms with Gasteiger partial charge in [0.05, 0.1) is 0 Å². The minimum absolute atomic E-state index is 0.739. The third-order valence-corrected chi connectivity index (χ3v) is 5.37. The highest BCUT2D eigenvalue weighted by Crippen LogP contribution is 2.30. The summed E-state index contributed by atoms with van der Waals surface area (Å²) in [4.78, 5) is 2.58. The molecule has 2 atom stereocenters. The van der Waals surface area contributed by atoms with Gasteiger partial charge in [-0.1, -0.05) is 42.5 Å². The maximum absolute atomic E-state index is 3.74. The second-order valence-electron chi connectivity index (χ2n) is 6.82. The lowest BCUT2D eigenvalue weighted by atomic mass is 9.97. The van der Waals surface area contributed by atoms with Gasteiger partial charge in [0.1, 0.15) is 0 Å². The maximum Gasteiger partial charge on any atom is 0.0239 e. The fourth-order valence-electron chi connectivity index (χ4n) is 4.22. The Hall–Kier alpha value is -1.38. The first-order chi connectivity index (χ1) is 10.3. The van der Waals surface area contributed by atoms with Crippen molar-refractivity contribution < 1.29 is 0 Å². The van der Waals surface area contributed by atoms with Gasteiger partial charge in [-0.25, -0.2) is 0 Å². The SMILES string of the molecule is CN(Cc1cccc2ccccc12)C1CC2CCC(C1)N2. The van der Waals surface area contributed by atoms with Crippen molar-refractivity contribution in [1.82, 2.24) is 10.2 Å². The third-order valence-electron chi connectivity index (χ3n) is 5.37. The van der Waals surface area contributed by atoms with Crippen molar-refractivity contribution in [3.8, 4) is 0 Å². The van der Waals surface area contributed by atoms with Gasteiger partial charge < -0.3 is 5.32 Å². The summed E-state index contributed by atoms with van der Waals surface area (Å²) < 4.78 is 0. The summed E-state index contributed by atoms with van der Waals surface area (Å²) in [5.74, 6) is 0. The summed E-state index contributed by atoms with van der Waals surface area (Å²) >= 11 is 0. The van der Waals surface area contributed by atoms with Gasteiger partial charge in [-0.2, -0.15) is 0 Å². The molecule has 0 spiro atoms. The van der Waals surface area contributed by atoms with Crippen molar-refractivity contribution >= 4 is 10.8 Å². The van der Waals surface area contributed by atoms with E-state index in [1.807, 2.05) is 0 Å². The highest BCUT2D eigenvalue weighted by molar-refractivity contribution is 5.85. The number of hydrogen-bond donors (Lipinski definition) is 1. The molecule has 2 heteroatoms. The Morgan fingerprint density at radius 3 is 2.52 bits per heavy atom. The maximum atomic E-state index is 3.74. The zero-order valence-corrected chi connectivity index (χ0v) is 12.8. The monoisotopic (exact) mass is 280 g/mol. The Morgan fingerprint density at radius 2 is 1.71 bits per heavy atom. The van der Waals surface area contributed by atoms with Crippen LogP contribution in [0.1, 0.15) is 31.2 Å². The average Bonchev–Trinajstić information content (AvgIpc) is 2.86. The quantitative estimate of drug-likeness (QED) is 0.925. The molecular weight excluding hydrogens is 256 g/mol. The van der Waals surface area contributed by atoms with Crippen LogP contribution in [0.3, 0.4) is 0 Å². The first-order valence-corrected chi connectivity index (χ1v) is 8.22. The van der Waals surface area contributed by atoms with Crippen molar-refractivity contribution in [1.29, 1.82) is 0 Å². The molecule has 2 nitrogen and oxygen atoms in total. The van der Waals surface area contributed by atoms with Gasteiger partial charge in [-0.05, 0) is 49.1 Å². The molecule has 1 N–H and O–H groups in total. The van der Waals surface area contributed by atoms with E-state index in [-0.39, 0.29) is 0 Å². The Kier molecular flexibility index (Phi) is 3.44. The van der Waals surface area contributed by atoms with Gasteiger partial charge in [0.25, 0.3) is 0 Å². The molecular formula is C19H24N2. The van der Waals surface area contributed by atoms with Crippen LogP contribution < -0.4 is 5.32 Å². The molecule has 2 heterocycles. The largest absolute Gasteiger partial charge is 0.311 e. The summed E-state index contributed by atoms with van der Waals surface area (Å²) in [6.07, 6.45) is 5.39. The van der Waals surface area contributed by atoms with E-state index in [2.05, 4.69) is 59.7 Å². The van der Waals surface area contributed by atoms with Crippen molar-refractivity contribution in [2.75, 3.05) is 7.05 Å². The summed E-state index contributed by atoms with van der Waals surface area (Å²) in [7, 11) is 2.30. The van der Waals surface area contributed by atoms with Gasteiger partial charge in [-0.3, -0.25) is 4.90 Å². The molecule has 2 fully saturated rings. The molecule has 2 aliphatic rings. The highest BCUT2D eigenvalue weighted by Gasteiger charge is 2.34. The van der Waals surface area contributed by atoms with Crippen LogP contribution in [-0.4, -0.2) is 30.1 Å². The predicted molar refractivity (Wildman–Crippen MR) is 88.4 cm³/mol. The van der Waals surface area contributed by atoms with Crippen molar-refractivity contribution in [2.45, 2.75) is 50.4 Å². The molecule has 0 aromatic heterocycles. The number of fused-ring (bicyclic) bond motifs is 3. The highest BCUT2D eigenvalue weighted by atomic mass is 15.2. The summed E-state index contributed by atoms with van der Waals surface area (Å²) in [6.45, 7) is 1.06. The normalized spacial score (nSPS) is 28.4. The lowest BCUT2D eigenvalue weighted by Gasteiger charge is -2.35. The molecule has 0 amide bonds. The predicted octanol–water partition coefficient (Wildman–Crippen LogP) is 3.55. The van der Waals surface area contributed by atoms with Crippen molar-refractivity contribution in [3.05, 3.63) is 48.0 Å². The molecule has 0 aliphatic carbocycles. The Balaban J connectivity index is 1.54. The number of hydrogen-bond acceptors (Lipinski definition) is 2. The standard InChI is InChI=1S/C19H24N2/c1-21(18-11-16-9-10-17(12-18)20-16)13-15-7-4-6-14-5-2-3-8-19(14)15/h2-8,16-18,20H,9-13H2,1H3. The zero-order valence-electron chi connectivity index (χ0n) is 12.8. The molecule has 21 heavy (non-hydrogen) atoms. The van der Waals surface area contributed by atoms with Gasteiger partial charge in [0.2, 0.25) is 0 Å². The second-order valence-corrected chi connectivity index (χ2v) is 6.82. The molecule has 0 radical (unpaired) electrons. The number of benzene rings is 2. The van der Waals surface area contributed by atoms with E-state index in [1.165, 1.54) is 42.0 Å². The first kappa shape index (κ1) is 13.3. The molecule has 0 saturated carbocycles. The number of nitrogens with zero attached hydrogens (tertiary/aromatic N) is 1. The van der Waals surface area contributed by atoms with Gasteiger partial charge in [0.15, 0.2) is 0 Å². The van der Waals surface area contributed by atoms with Crippen molar-refractivity contribution in [2.24, 2.45) is 0 Å². The third kappa shape index (κ3) is 2.58. The topological polar surface area (TPSA) is 15.3 Å². The van der Waals surface area contributed by atoms with Gasteiger partial charge in [0, 0.05) is 24.7 Å². The first-order valence-electron chi connectivity index (χ1n) is 8.22. The van der Waals surface area contributed by atoms with E-state index < -0.39 is 0 Å². The Labute approximate surface area is 127 Å². The Bertz CT molecular complexity index is 619. The minimum atomic E-state index is 0.739. The van der Waals surface area contributed by atoms with Gasteiger partial charge >= 0.3 is 0 Å². The van der Waals surface area contributed by atoms with Crippen LogP contribution in [0.2, 0.25) is 0 Å². The fourth-order valence-corrected chi connectivity index (χ4v) is 4.22. The minimum Gasteiger partial charge on any atom is -0.311 e. The summed E-state index contributed by atoms with van der Waals surface area (Å²) in [6, 6.07) is 17.7. The van der Waals surface area contributed by atoms with E-state index >= 15 is 0 Å². The lowest BCUT2D eigenvalue weighted by molar-refractivity contribution is 0.166. The summed E-state index contributed by atoms with van der Waals surface area (Å²) in [5.41, 5.74) is 1.46. The van der Waals surface area contributed by atoms with Crippen LogP contribution in [0.5, 0.6) is 0 Å². The number of rotatable bonds is 3. The Morgan fingerprint density at radius 1 is 1.00 bits per heavy atom. The molecule has 2 aliphatic heterocycles. The van der Waals surface area contributed by atoms with Gasteiger partial charge in [-0.15, -0.1) is 0 Å². The summed E-state index contributed by atoms with van der Waals surface area (Å²) in [5, 5.41) is 6.50. The van der Waals surface area contributed by atoms with Crippen LogP contribution in [0.15, 0.2) is 42.5 Å². The van der Waals surface area contributed by atoms with Crippen molar-refractivity contribution in [3.63, 3.8) is 0 Å². The molecule has 2 unspecified atom stereocenters. The molecule has 110 valence electrons. The molecule has 2 aromatic rings. The van der Waals surface area contributed by atoms with Crippen LogP contribution >= 0.6 is 0 Å². The smallest absolute Gasteiger partial charge is 0.0239 e. The van der Waals surface area contributed by atoms with E-state index in [0.717, 1.165) is 24.7 Å². The fraction of sp³-hybridized carbons (Fsp3) is 0.474. The van der Waals surface area contributed by atoms with Crippen LogP contribution in [-0.2, 0) is 6.54 Å². The number of piperidine rings is 1. The van der Waals surface area contributed by atoms with Crippen LogP contribution in [0.4, 0.5) is 0 Å². The van der Waals surface area contributed by atoms with E-state index in [0.29, 0.717) is 0 Å². The van der Waals surface area contributed by atoms with E-state index in [1.54, 1.807) is 0 Å². The van der Waals surface area contributed by atoms with Crippen LogP contribution in [0.25, 0.3) is 10.8 Å². The van der Waals surface area contributed by atoms with Crippen LogP contribution in [0, 0.1) is 0 Å². The number of nitrogens with one attached hydrogen (secondary N) is 1. The zero-order chi connectivity index (χ0) is 14.2. The van der Waals surface area contributed by atoms with E-state index in [4.69, 9.17) is 0 Å². The lowest BCUT2D eigenvalue weighted by Crippen LogP contribution is -2.46. The molecule has 4 rings (SSSR count).